The zero-order valence-corrected chi connectivity index (χ0v) is 19.8. The molecular weight excluding hydrogens is 472 g/mol. The summed E-state index contributed by atoms with van der Waals surface area (Å²) in [4.78, 5) is 34.0. The molecule has 0 saturated carbocycles. The van der Waals surface area contributed by atoms with Crippen molar-refractivity contribution in [2.45, 2.75) is 13.0 Å². The minimum atomic E-state index is -1.11. The monoisotopic (exact) mass is 498 g/mol. The second kappa shape index (κ2) is 13.4. The number of ether oxygens (including phenoxy) is 4. The number of esters is 2. The quantitative estimate of drug-likeness (QED) is 0.308. The minimum Gasteiger partial charge on any atom is -0.508 e. The van der Waals surface area contributed by atoms with E-state index in [-0.39, 0.29) is 34.5 Å². The first-order valence-electron chi connectivity index (χ1n) is 10.6. The van der Waals surface area contributed by atoms with E-state index in [4.69, 9.17) is 19.3 Å². The highest BCUT2D eigenvalue weighted by Crippen LogP contribution is 2.24. The molecule has 0 aliphatic rings. The van der Waals surface area contributed by atoms with E-state index in [1.807, 2.05) is 0 Å². The predicted octanol–water partition coefficient (Wildman–Crippen LogP) is 3.90. The second-order valence-electron chi connectivity index (χ2n) is 7.37. The second-order valence-corrected chi connectivity index (χ2v) is 7.37. The number of rotatable bonds is 8. The highest BCUT2D eigenvalue weighted by molar-refractivity contribution is 5.93. The van der Waals surface area contributed by atoms with Gasteiger partial charge in [-0.05, 0) is 43.3 Å². The van der Waals surface area contributed by atoms with Gasteiger partial charge in [0.2, 0.25) is 0 Å². The van der Waals surface area contributed by atoms with Crippen LogP contribution in [0.2, 0.25) is 0 Å². The number of carbonyl (C=O) groups excluding carboxylic acids is 2. The van der Waals surface area contributed by atoms with Gasteiger partial charge in [-0.3, -0.25) is 0 Å². The summed E-state index contributed by atoms with van der Waals surface area (Å²) in [5, 5.41) is 27.6. The van der Waals surface area contributed by atoms with Gasteiger partial charge in [-0.2, -0.15) is 0 Å². The Balaban J connectivity index is 0.000000261. The summed E-state index contributed by atoms with van der Waals surface area (Å²) >= 11 is 0. The highest BCUT2D eigenvalue weighted by atomic mass is 16.5. The molecule has 36 heavy (non-hydrogen) atoms. The molecular formula is C26H26O10. The number of hydrogen-bond donors (Lipinski definition) is 3. The highest BCUT2D eigenvalue weighted by Gasteiger charge is 2.13. The van der Waals surface area contributed by atoms with Crippen LogP contribution in [0.25, 0.3) is 0 Å². The number of carboxylic acid groups (broad SMARTS) is 1. The van der Waals surface area contributed by atoms with E-state index < -0.39 is 17.9 Å². The molecule has 3 aromatic rings. The summed E-state index contributed by atoms with van der Waals surface area (Å²) in [6.45, 7) is 2.17. The zero-order valence-electron chi connectivity index (χ0n) is 19.8. The first kappa shape index (κ1) is 27.7. The van der Waals surface area contributed by atoms with Crippen LogP contribution in [-0.4, -0.2) is 60.2 Å². The summed E-state index contributed by atoms with van der Waals surface area (Å²) in [6, 6.07) is 16.1. The fraction of sp³-hybridized carbons (Fsp3) is 0.192. The number of carbonyl (C=O) groups is 3. The SMILES string of the molecule is COC(=O)c1cc(O)cc(OC(=O)c2ccccc2)c1.COC[C@H](C)Oc1cc(O)cc(C(=O)O)c1. The predicted molar refractivity (Wildman–Crippen MR) is 128 cm³/mol. The van der Waals surface area contributed by atoms with Crippen LogP contribution in [0.5, 0.6) is 23.0 Å². The maximum absolute atomic E-state index is 11.9. The molecule has 10 heteroatoms. The molecule has 3 N–H and O–H groups in total. The van der Waals surface area contributed by atoms with Crippen LogP contribution in [0.4, 0.5) is 0 Å². The van der Waals surface area contributed by atoms with Gasteiger partial charge in [0.1, 0.15) is 29.1 Å². The Bertz CT molecular complexity index is 1190. The Kier molecular flexibility index (Phi) is 10.3. The van der Waals surface area contributed by atoms with Crippen molar-refractivity contribution in [2.75, 3.05) is 20.8 Å². The molecule has 0 radical (unpaired) electrons. The van der Waals surface area contributed by atoms with Crippen LogP contribution in [-0.2, 0) is 9.47 Å². The molecule has 0 aliphatic carbocycles. The standard InChI is InChI=1S/C15H12O5.C11H14O5/c1-19-14(17)11-7-12(16)9-13(8-11)20-15(18)10-5-3-2-4-6-10;1-7(6-15-2)16-10-4-8(11(13)14)3-9(12)5-10/h2-9,16H,1H3;3-5,7,12H,6H2,1-2H3,(H,13,14)/t;7-/m.0/s1. The Labute approximate surface area is 207 Å². The van der Waals surface area contributed by atoms with Gasteiger partial charge in [0.05, 0.1) is 30.4 Å². The van der Waals surface area contributed by atoms with Crippen LogP contribution in [0, 0.1) is 0 Å². The van der Waals surface area contributed by atoms with Crippen molar-refractivity contribution in [3.63, 3.8) is 0 Å². The molecule has 190 valence electrons. The minimum absolute atomic E-state index is 0.0142. The fourth-order valence-electron chi connectivity index (χ4n) is 2.89. The van der Waals surface area contributed by atoms with Crippen molar-refractivity contribution in [2.24, 2.45) is 0 Å². The van der Waals surface area contributed by atoms with Gasteiger partial charge in [0.25, 0.3) is 0 Å². The molecule has 1 atom stereocenters. The first-order chi connectivity index (χ1) is 17.1. The Morgan fingerprint density at radius 3 is 1.94 bits per heavy atom. The molecule has 3 rings (SSSR count). The summed E-state index contributed by atoms with van der Waals surface area (Å²) in [7, 11) is 2.77. The number of benzene rings is 3. The third kappa shape index (κ3) is 8.65. The summed E-state index contributed by atoms with van der Waals surface area (Å²) in [5.41, 5.74) is 0.457. The molecule has 0 spiro atoms. The van der Waals surface area contributed by atoms with Gasteiger partial charge < -0.3 is 34.3 Å². The fourth-order valence-corrected chi connectivity index (χ4v) is 2.89. The number of phenolic OH excluding ortho intramolecular Hbond substituents is 2. The molecule has 0 aromatic heterocycles. The Morgan fingerprint density at radius 2 is 1.36 bits per heavy atom. The van der Waals surface area contributed by atoms with Gasteiger partial charge in [-0.1, -0.05) is 18.2 Å². The lowest BCUT2D eigenvalue weighted by Crippen LogP contribution is -2.18. The third-order valence-corrected chi connectivity index (χ3v) is 4.41. The third-order valence-electron chi connectivity index (χ3n) is 4.41. The molecule has 3 aromatic carbocycles. The summed E-state index contributed by atoms with van der Waals surface area (Å²) < 4.78 is 19.9. The van der Waals surface area contributed by atoms with Gasteiger partial charge in [-0.25, -0.2) is 14.4 Å². The average molecular weight is 498 g/mol. The number of hydrogen-bond acceptors (Lipinski definition) is 9. The van der Waals surface area contributed by atoms with E-state index in [2.05, 4.69) is 4.74 Å². The van der Waals surface area contributed by atoms with Gasteiger partial charge in [0.15, 0.2) is 0 Å². The first-order valence-corrected chi connectivity index (χ1v) is 10.6. The van der Waals surface area contributed by atoms with Crippen molar-refractivity contribution in [1.29, 1.82) is 0 Å². The van der Waals surface area contributed by atoms with Crippen molar-refractivity contribution in [3.8, 4) is 23.0 Å². The Hall–Kier alpha value is -4.57. The topological polar surface area (TPSA) is 149 Å². The van der Waals surface area contributed by atoms with Crippen molar-refractivity contribution in [1.82, 2.24) is 0 Å². The number of aromatic hydroxyl groups is 2. The van der Waals surface area contributed by atoms with Crippen molar-refractivity contribution in [3.05, 3.63) is 83.4 Å². The number of phenols is 2. The van der Waals surface area contributed by atoms with Gasteiger partial charge in [0, 0.05) is 19.2 Å². The molecule has 0 fully saturated rings. The normalized spacial score (nSPS) is 10.9. The molecule has 0 bridgehead atoms. The van der Waals surface area contributed by atoms with Crippen LogP contribution >= 0.6 is 0 Å². The summed E-state index contributed by atoms with van der Waals surface area (Å²) in [6.07, 6.45) is -0.214. The van der Waals surface area contributed by atoms with E-state index >= 15 is 0 Å². The number of carboxylic acids is 1. The number of aromatic carboxylic acids is 1. The van der Waals surface area contributed by atoms with Gasteiger partial charge >= 0.3 is 17.9 Å². The van der Waals surface area contributed by atoms with E-state index in [9.17, 15) is 24.6 Å². The lowest BCUT2D eigenvalue weighted by molar-refractivity contribution is 0.0596. The molecule has 0 saturated heterocycles. The van der Waals surface area contributed by atoms with Crippen LogP contribution in [0.15, 0.2) is 66.7 Å². The molecule has 0 heterocycles. The van der Waals surface area contributed by atoms with Crippen molar-refractivity contribution < 1.29 is 48.7 Å². The number of methoxy groups -OCH3 is 2. The molecule has 10 nitrogen and oxygen atoms in total. The van der Waals surface area contributed by atoms with E-state index in [0.717, 1.165) is 6.07 Å². The van der Waals surface area contributed by atoms with Crippen LogP contribution in [0.1, 0.15) is 38.0 Å². The lowest BCUT2D eigenvalue weighted by atomic mass is 10.2. The smallest absolute Gasteiger partial charge is 0.343 e. The lowest BCUT2D eigenvalue weighted by Gasteiger charge is -2.14. The van der Waals surface area contributed by atoms with Crippen LogP contribution < -0.4 is 9.47 Å². The largest absolute Gasteiger partial charge is 0.508 e. The molecule has 0 aliphatic heterocycles. The van der Waals surface area contributed by atoms with Crippen LogP contribution in [0.3, 0.4) is 0 Å². The Morgan fingerprint density at radius 1 is 0.778 bits per heavy atom. The van der Waals surface area contributed by atoms with Gasteiger partial charge in [-0.15, -0.1) is 0 Å². The summed E-state index contributed by atoms with van der Waals surface area (Å²) in [5.74, 6) is -2.27. The molecule has 0 unspecified atom stereocenters. The van der Waals surface area contributed by atoms with E-state index in [1.165, 1.54) is 37.4 Å². The average Bonchev–Trinajstić information content (AvgIpc) is 2.83. The van der Waals surface area contributed by atoms with E-state index in [0.29, 0.717) is 17.9 Å². The van der Waals surface area contributed by atoms with Crippen molar-refractivity contribution >= 4 is 17.9 Å². The van der Waals surface area contributed by atoms with E-state index in [1.54, 1.807) is 44.4 Å². The zero-order chi connectivity index (χ0) is 26.7. The maximum Gasteiger partial charge on any atom is 0.343 e. The molecule has 0 amide bonds. The maximum atomic E-state index is 11.9.